The Kier molecular flexibility index (Phi) is 3.08. The first-order valence-corrected chi connectivity index (χ1v) is 5.16. The van der Waals surface area contributed by atoms with E-state index >= 15 is 0 Å². The van der Waals surface area contributed by atoms with Crippen molar-refractivity contribution in [2.24, 2.45) is 11.5 Å². The Hall–Kier alpha value is -1.26. The molecule has 15 heavy (non-hydrogen) atoms. The van der Waals surface area contributed by atoms with Crippen molar-refractivity contribution in [3.63, 3.8) is 0 Å². The number of fused-ring (bicyclic) bond motifs is 1. The number of rotatable bonds is 4. The third-order valence-electron chi connectivity index (χ3n) is 2.54. The molecule has 0 saturated carbocycles. The highest BCUT2D eigenvalue weighted by atomic mass is 16.7. The van der Waals surface area contributed by atoms with E-state index in [1.807, 2.05) is 18.2 Å². The monoisotopic (exact) mass is 208 g/mol. The van der Waals surface area contributed by atoms with E-state index in [2.05, 4.69) is 0 Å². The summed E-state index contributed by atoms with van der Waals surface area (Å²) in [5, 5.41) is 0. The molecule has 0 spiro atoms. The molecule has 4 nitrogen and oxygen atoms in total. The fourth-order valence-corrected chi connectivity index (χ4v) is 1.65. The molecule has 2 rings (SSSR count). The van der Waals surface area contributed by atoms with Crippen LogP contribution in [0.2, 0.25) is 0 Å². The summed E-state index contributed by atoms with van der Waals surface area (Å²) in [4.78, 5) is 0. The number of hydrogen-bond donors (Lipinski definition) is 2. The van der Waals surface area contributed by atoms with Crippen molar-refractivity contribution in [2.75, 3.05) is 13.3 Å². The van der Waals surface area contributed by atoms with Crippen LogP contribution in [0.15, 0.2) is 18.2 Å². The van der Waals surface area contributed by atoms with Crippen LogP contribution in [0.25, 0.3) is 0 Å². The Morgan fingerprint density at radius 2 is 2.07 bits per heavy atom. The smallest absolute Gasteiger partial charge is 0.231 e. The lowest BCUT2D eigenvalue weighted by atomic mass is 10.0. The molecule has 1 aliphatic rings. The summed E-state index contributed by atoms with van der Waals surface area (Å²) in [6.45, 7) is 0.981. The summed E-state index contributed by atoms with van der Waals surface area (Å²) >= 11 is 0. The van der Waals surface area contributed by atoms with Gasteiger partial charge in [0.05, 0.1) is 0 Å². The molecule has 4 heteroatoms. The molecule has 0 fully saturated rings. The van der Waals surface area contributed by atoms with Crippen molar-refractivity contribution in [1.29, 1.82) is 0 Å². The summed E-state index contributed by atoms with van der Waals surface area (Å²) in [5.74, 6) is 1.58. The maximum absolute atomic E-state index is 6.02. The van der Waals surface area contributed by atoms with Gasteiger partial charge in [-0.25, -0.2) is 0 Å². The van der Waals surface area contributed by atoms with Gasteiger partial charge in [0.25, 0.3) is 0 Å². The molecular formula is C11H16N2O2. The van der Waals surface area contributed by atoms with Crippen LogP contribution in [0.5, 0.6) is 11.5 Å². The average Bonchev–Trinajstić information content (AvgIpc) is 2.72. The number of ether oxygens (including phenoxy) is 2. The van der Waals surface area contributed by atoms with E-state index in [9.17, 15) is 0 Å². The van der Waals surface area contributed by atoms with Crippen LogP contribution in [0.4, 0.5) is 0 Å². The van der Waals surface area contributed by atoms with Crippen LogP contribution < -0.4 is 20.9 Å². The van der Waals surface area contributed by atoms with Gasteiger partial charge in [-0.3, -0.25) is 0 Å². The molecule has 0 aromatic heterocycles. The SMILES string of the molecule is NCCC[C@H](N)c1ccc2c(c1)OCO2. The lowest BCUT2D eigenvalue weighted by molar-refractivity contribution is 0.174. The molecule has 1 aliphatic heterocycles. The highest BCUT2D eigenvalue weighted by molar-refractivity contribution is 5.45. The van der Waals surface area contributed by atoms with E-state index in [-0.39, 0.29) is 6.04 Å². The molecule has 1 aromatic carbocycles. The van der Waals surface area contributed by atoms with Crippen molar-refractivity contribution in [2.45, 2.75) is 18.9 Å². The molecular weight excluding hydrogens is 192 g/mol. The molecule has 1 heterocycles. The standard InChI is InChI=1S/C11H16N2O2/c12-5-1-2-9(13)8-3-4-10-11(6-8)15-7-14-10/h3-4,6,9H,1-2,5,7,12-13H2/t9-/m0/s1. The highest BCUT2D eigenvalue weighted by Crippen LogP contribution is 2.34. The minimum Gasteiger partial charge on any atom is -0.454 e. The zero-order chi connectivity index (χ0) is 10.7. The first-order valence-electron chi connectivity index (χ1n) is 5.16. The Labute approximate surface area is 89.2 Å². The van der Waals surface area contributed by atoms with Gasteiger partial charge in [0, 0.05) is 6.04 Å². The Bertz CT molecular complexity index is 341. The summed E-state index contributed by atoms with van der Waals surface area (Å²) < 4.78 is 10.5. The lowest BCUT2D eigenvalue weighted by Crippen LogP contribution is -2.12. The maximum atomic E-state index is 6.02. The number of nitrogens with two attached hydrogens (primary N) is 2. The van der Waals surface area contributed by atoms with Crippen LogP contribution in [0, 0.1) is 0 Å². The van der Waals surface area contributed by atoms with Gasteiger partial charge >= 0.3 is 0 Å². The summed E-state index contributed by atoms with van der Waals surface area (Å²) in [6.07, 6.45) is 1.84. The van der Waals surface area contributed by atoms with E-state index in [0.29, 0.717) is 13.3 Å². The topological polar surface area (TPSA) is 70.5 Å². The van der Waals surface area contributed by atoms with Crippen molar-refractivity contribution in [3.8, 4) is 11.5 Å². The zero-order valence-corrected chi connectivity index (χ0v) is 8.61. The van der Waals surface area contributed by atoms with Crippen molar-refractivity contribution in [1.82, 2.24) is 0 Å². The summed E-state index contributed by atoms with van der Waals surface area (Å²) in [5.41, 5.74) is 12.5. The third-order valence-corrected chi connectivity index (χ3v) is 2.54. The van der Waals surface area contributed by atoms with Crippen molar-refractivity contribution in [3.05, 3.63) is 23.8 Å². The molecule has 82 valence electrons. The van der Waals surface area contributed by atoms with E-state index < -0.39 is 0 Å². The minimum absolute atomic E-state index is 0.0306. The lowest BCUT2D eigenvalue weighted by Gasteiger charge is -2.11. The molecule has 0 bridgehead atoms. The zero-order valence-electron chi connectivity index (χ0n) is 8.61. The Balaban J connectivity index is 2.08. The van der Waals surface area contributed by atoms with E-state index in [1.54, 1.807) is 0 Å². The maximum Gasteiger partial charge on any atom is 0.231 e. The van der Waals surface area contributed by atoms with Crippen LogP contribution in [0.1, 0.15) is 24.4 Å². The van der Waals surface area contributed by atoms with Gasteiger partial charge in [-0.1, -0.05) is 6.07 Å². The van der Waals surface area contributed by atoms with Gasteiger partial charge in [0.2, 0.25) is 6.79 Å². The number of benzene rings is 1. The van der Waals surface area contributed by atoms with Gasteiger partial charge in [-0.15, -0.1) is 0 Å². The quantitative estimate of drug-likeness (QED) is 0.778. The van der Waals surface area contributed by atoms with Gasteiger partial charge in [-0.05, 0) is 37.1 Å². The van der Waals surface area contributed by atoms with Crippen LogP contribution in [-0.4, -0.2) is 13.3 Å². The van der Waals surface area contributed by atoms with Crippen molar-refractivity contribution >= 4 is 0 Å². The van der Waals surface area contributed by atoms with Gasteiger partial charge < -0.3 is 20.9 Å². The van der Waals surface area contributed by atoms with Crippen LogP contribution >= 0.6 is 0 Å². The van der Waals surface area contributed by atoms with Crippen LogP contribution in [0.3, 0.4) is 0 Å². The molecule has 0 amide bonds. The van der Waals surface area contributed by atoms with Crippen LogP contribution in [-0.2, 0) is 0 Å². The van der Waals surface area contributed by atoms with Gasteiger partial charge in [-0.2, -0.15) is 0 Å². The fraction of sp³-hybridized carbons (Fsp3) is 0.455. The van der Waals surface area contributed by atoms with E-state index in [0.717, 1.165) is 29.9 Å². The molecule has 4 N–H and O–H groups in total. The molecule has 0 aliphatic carbocycles. The number of hydrogen-bond acceptors (Lipinski definition) is 4. The predicted molar refractivity (Wildman–Crippen MR) is 57.8 cm³/mol. The second-order valence-corrected chi connectivity index (χ2v) is 3.65. The first kappa shape index (κ1) is 10.3. The second-order valence-electron chi connectivity index (χ2n) is 3.65. The highest BCUT2D eigenvalue weighted by Gasteiger charge is 2.15. The van der Waals surface area contributed by atoms with Gasteiger partial charge in [0.1, 0.15) is 0 Å². The fourth-order valence-electron chi connectivity index (χ4n) is 1.65. The molecule has 0 saturated heterocycles. The largest absolute Gasteiger partial charge is 0.454 e. The molecule has 1 aromatic rings. The third kappa shape index (κ3) is 2.22. The first-order chi connectivity index (χ1) is 7.31. The summed E-state index contributed by atoms with van der Waals surface area (Å²) in [7, 11) is 0. The van der Waals surface area contributed by atoms with Crippen molar-refractivity contribution < 1.29 is 9.47 Å². The molecule has 1 atom stereocenters. The average molecular weight is 208 g/mol. The van der Waals surface area contributed by atoms with Gasteiger partial charge in [0.15, 0.2) is 11.5 Å². The minimum atomic E-state index is 0.0306. The normalized spacial score (nSPS) is 15.3. The second kappa shape index (κ2) is 4.51. The predicted octanol–water partition coefficient (Wildman–Crippen LogP) is 1.15. The van der Waals surface area contributed by atoms with E-state index in [1.165, 1.54) is 0 Å². The Morgan fingerprint density at radius 1 is 1.27 bits per heavy atom. The molecule has 0 radical (unpaired) electrons. The molecule has 0 unspecified atom stereocenters. The Morgan fingerprint density at radius 3 is 2.87 bits per heavy atom. The van der Waals surface area contributed by atoms with E-state index in [4.69, 9.17) is 20.9 Å². The summed E-state index contributed by atoms with van der Waals surface area (Å²) in [6, 6.07) is 5.86.